The molecule has 2 unspecified atom stereocenters. The standard InChI is InChI=1S/C27H53NO3S2.C5H9N3O.C4H10O.C2H6.U/c1-5-6-7-8-9-10-11-12-13-14-15-16-17-18-23-32-33-24-20-27(29)28-21-19-22-31-26(3)25(2)30-4;1-7-3-2-5(6)8-4-9;1-4(2)5-3;1-2;/h25-26H,2-3,5-24H2,1,4H3,(H,28,29);2-4,7H,1H3,(H2,6,8,9);4H,1-3H3;1-2H3;/q-2;;;;+2/b;3-2-;;;. The average Bonchev–Trinajstić information content (AvgIpc) is 3.11. The molecule has 0 aromatic rings. The van der Waals surface area contributed by atoms with Crippen LogP contribution >= 0.6 is 21.6 Å². The smallest absolute Gasteiger partial charge is 0.414 e. The summed E-state index contributed by atoms with van der Waals surface area (Å²) in [5.74, 6) is 2.39. The molecule has 0 aromatic carbocycles. The first-order chi connectivity index (χ1) is 23.7. The van der Waals surface area contributed by atoms with E-state index in [-0.39, 0.29) is 55.1 Å². The van der Waals surface area contributed by atoms with Crippen LogP contribution in [-0.4, -0.2) is 82.4 Å². The first kappa shape index (κ1) is 59.1. The number of ether oxygens (including phenoxy) is 3. The minimum atomic E-state index is -0.279. The van der Waals surface area contributed by atoms with E-state index in [4.69, 9.17) is 19.9 Å². The van der Waals surface area contributed by atoms with Crippen LogP contribution in [-0.2, 0) is 23.8 Å². The van der Waals surface area contributed by atoms with Gasteiger partial charge in [-0.15, -0.1) is 0 Å². The number of nitrogens with two attached hydrogens (primary N) is 1. The molecule has 0 radical (unpaired) electrons. The molecule has 0 rings (SSSR count). The molecule has 0 aliphatic carbocycles. The van der Waals surface area contributed by atoms with Crippen LogP contribution < -0.4 is 16.4 Å². The maximum atomic E-state index is 11.8. The van der Waals surface area contributed by atoms with Crippen LogP contribution in [0.4, 0.5) is 0 Å². The molecule has 0 spiro atoms. The number of nitrogens with one attached hydrogen (secondary N) is 2. The predicted octanol–water partition coefficient (Wildman–Crippen LogP) is 9.11. The fourth-order valence-corrected chi connectivity index (χ4v) is 5.90. The van der Waals surface area contributed by atoms with Crippen LogP contribution in [0.5, 0.6) is 0 Å². The molecule has 12 heteroatoms. The van der Waals surface area contributed by atoms with Gasteiger partial charge in [-0.2, -0.15) is 4.99 Å². The zero-order valence-corrected chi connectivity index (χ0v) is 39.2. The summed E-state index contributed by atoms with van der Waals surface area (Å²) in [6.45, 7) is 19.1. The van der Waals surface area contributed by atoms with Gasteiger partial charge in [-0.05, 0) is 39.0 Å². The van der Waals surface area contributed by atoms with E-state index in [0.717, 1.165) is 12.2 Å². The predicted molar refractivity (Wildman–Crippen MR) is 218 cm³/mol. The van der Waals surface area contributed by atoms with Crippen molar-refractivity contribution in [2.75, 3.05) is 45.9 Å². The maximum Gasteiger partial charge on any atom is 2.00 e. The van der Waals surface area contributed by atoms with Crippen molar-refractivity contribution in [3.63, 3.8) is 0 Å². The summed E-state index contributed by atoms with van der Waals surface area (Å²) in [6.07, 6.45) is 24.3. The Bertz CT molecular complexity index is 723. The fraction of sp³-hybridized carbons (Fsp3) is 0.816. The van der Waals surface area contributed by atoms with Crippen LogP contribution in [0, 0.1) is 45.0 Å². The van der Waals surface area contributed by atoms with Gasteiger partial charge in [0.2, 0.25) is 12.3 Å². The van der Waals surface area contributed by atoms with Gasteiger partial charge in [0, 0.05) is 52.3 Å². The second-order valence-electron chi connectivity index (χ2n) is 11.4. The Labute approximate surface area is 341 Å². The number of carbonyl (C=O) groups is 2. The van der Waals surface area contributed by atoms with Crippen molar-refractivity contribution in [3.05, 3.63) is 26.1 Å². The maximum absolute atomic E-state index is 11.8. The Morgan fingerprint density at radius 1 is 0.820 bits per heavy atom. The molecule has 0 aromatic heterocycles. The van der Waals surface area contributed by atoms with Gasteiger partial charge in [0.15, 0.2) is 0 Å². The molecule has 50 heavy (non-hydrogen) atoms. The van der Waals surface area contributed by atoms with E-state index in [1.165, 1.54) is 102 Å². The monoisotopic (exact) mass is 973 g/mol. The third-order valence-electron chi connectivity index (χ3n) is 6.86. The number of rotatable bonds is 30. The van der Waals surface area contributed by atoms with Crippen molar-refractivity contribution < 1.29 is 54.9 Å². The van der Waals surface area contributed by atoms with E-state index in [0.29, 0.717) is 32.1 Å². The molecule has 0 fully saturated rings. The number of unbranched alkanes of at least 4 members (excludes halogenated alkanes) is 13. The van der Waals surface area contributed by atoms with Gasteiger partial charge in [-0.1, -0.05) is 138 Å². The van der Waals surface area contributed by atoms with Gasteiger partial charge in [0.25, 0.3) is 0 Å². The van der Waals surface area contributed by atoms with Crippen molar-refractivity contribution in [2.45, 2.75) is 156 Å². The van der Waals surface area contributed by atoms with Crippen molar-refractivity contribution in [1.82, 2.24) is 10.6 Å². The van der Waals surface area contributed by atoms with Crippen LogP contribution in [0.1, 0.15) is 137 Å². The molecule has 2 amide bonds. The SMILES string of the molecule is CC.CN/C=C\C(N)=NC=O.COC(C)C.[CH2-]C(OC)C([CH2-])OCCCNC(=O)CCSSCCCCCCCCCCCCCCCC.[U+2]. The normalized spacial score (nSPS) is 11.9. The largest absolute Gasteiger partial charge is 2.00 e. The van der Waals surface area contributed by atoms with Gasteiger partial charge in [0.05, 0.1) is 6.10 Å². The molecule has 0 aliphatic heterocycles. The molecule has 4 N–H and O–H groups in total. The van der Waals surface area contributed by atoms with Crippen molar-refractivity contribution in [1.29, 1.82) is 0 Å². The second-order valence-corrected chi connectivity index (χ2v) is 14.1. The molecule has 0 bridgehead atoms. The van der Waals surface area contributed by atoms with Crippen molar-refractivity contribution in [2.24, 2.45) is 10.7 Å². The topological polar surface area (TPSA) is 124 Å². The summed E-state index contributed by atoms with van der Waals surface area (Å²) >= 11 is 0. The van der Waals surface area contributed by atoms with Crippen molar-refractivity contribution >= 4 is 39.7 Å². The number of hydrogen-bond acceptors (Lipinski definition) is 8. The summed E-state index contributed by atoms with van der Waals surface area (Å²) < 4.78 is 15.3. The summed E-state index contributed by atoms with van der Waals surface area (Å²) in [6, 6.07) is 0. The van der Waals surface area contributed by atoms with Crippen molar-refractivity contribution in [3.8, 4) is 0 Å². The third-order valence-corrected chi connectivity index (χ3v) is 9.36. The number of amides is 2. The Morgan fingerprint density at radius 3 is 1.74 bits per heavy atom. The number of nitrogens with zero attached hydrogens (tertiary/aromatic N) is 1. The molecule has 296 valence electrons. The number of carbonyl (C=O) groups excluding carboxylic acids is 2. The Hall–Kier alpha value is -0.218. The van der Waals surface area contributed by atoms with E-state index in [2.05, 4.69) is 36.4 Å². The fourth-order valence-electron chi connectivity index (χ4n) is 3.76. The van der Waals surface area contributed by atoms with Gasteiger partial charge < -0.3 is 44.4 Å². The molecule has 0 aliphatic rings. The molecule has 2 atom stereocenters. The molecule has 9 nitrogen and oxygen atoms in total. The Kier molecular flexibility index (Phi) is 62.8. The van der Waals surface area contributed by atoms with Gasteiger partial charge in [-0.3, -0.25) is 9.59 Å². The van der Waals surface area contributed by atoms with E-state index in [9.17, 15) is 9.59 Å². The van der Waals surface area contributed by atoms with Crippen LogP contribution in [0.25, 0.3) is 0 Å². The van der Waals surface area contributed by atoms with Gasteiger partial charge in [-0.25, -0.2) is 0 Å². The van der Waals surface area contributed by atoms with Crippen LogP contribution in [0.15, 0.2) is 17.3 Å². The van der Waals surface area contributed by atoms with Crippen LogP contribution in [0.2, 0.25) is 0 Å². The quantitative estimate of drug-likeness (QED) is 0.0162. The summed E-state index contributed by atoms with van der Waals surface area (Å²) in [7, 11) is 8.75. The zero-order valence-electron chi connectivity index (χ0n) is 33.4. The van der Waals surface area contributed by atoms with E-state index < -0.39 is 0 Å². The van der Waals surface area contributed by atoms with Gasteiger partial charge >= 0.3 is 31.1 Å². The van der Waals surface area contributed by atoms with E-state index >= 15 is 0 Å². The van der Waals surface area contributed by atoms with Gasteiger partial charge in [0.1, 0.15) is 5.84 Å². The number of aliphatic imine (C=N–C) groups is 1. The number of methoxy groups -OCH3 is 2. The first-order valence-corrected chi connectivity index (χ1v) is 21.1. The summed E-state index contributed by atoms with van der Waals surface area (Å²) in [5.41, 5.74) is 5.16. The van der Waals surface area contributed by atoms with Crippen LogP contribution in [0.3, 0.4) is 0 Å². The average molecular weight is 973 g/mol. The zero-order chi connectivity index (χ0) is 37.8. The molecular formula is C38H78N4O5S2U. The molecule has 0 saturated carbocycles. The molecular weight excluding hydrogens is 895 g/mol. The second kappa shape index (κ2) is 53.1. The summed E-state index contributed by atoms with van der Waals surface area (Å²) in [4.78, 5) is 24.8. The Balaban J connectivity index is -0.000000328. The van der Waals surface area contributed by atoms with E-state index in [1.807, 2.05) is 49.3 Å². The first-order valence-electron chi connectivity index (χ1n) is 18.6. The molecule has 0 heterocycles. The minimum absolute atomic E-state index is 0. The summed E-state index contributed by atoms with van der Waals surface area (Å²) in [5, 5.41) is 5.65. The number of amidine groups is 1. The molecule has 0 saturated heterocycles. The third kappa shape index (κ3) is 57.1. The Morgan fingerprint density at radius 2 is 1.30 bits per heavy atom. The number of hydrogen-bond donors (Lipinski definition) is 3. The minimum Gasteiger partial charge on any atom is -0.414 e. The van der Waals surface area contributed by atoms with E-state index in [1.54, 1.807) is 27.5 Å².